The average molecular weight is 385 g/mol. The van der Waals surface area contributed by atoms with E-state index in [0.717, 1.165) is 11.1 Å². The van der Waals surface area contributed by atoms with Gasteiger partial charge in [-0.1, -0.05) is 23.8 Å². The van der Waals surface area contributed by atoms with Gasteiger partial charge in [-0.25, -0.2) is 8.42 Å². The van der Waals surface area contributed by atoms with Crippen LogP contribution in [0.3, 0.4) is 0 Å². The number of ether oxygens (including phenoxy) is 1. The van der Waals surface area contributed by atoms with E-state index >= 15 is 0 Å². The van der Waals surface area contributed by atoms with Gasteiger partial charge in [-0.2, -0.15) is 4.31 Å². The third-order valence-electron chi connectivity index (χ3n) is 4.38. The molecule has 0 spiro atoms. The number of hydrogen-bond donors (Lipinski definition) is 0. The minimum atomic E-state index is -3.58. The molecule has 0 aliphatic carbocycles. The highest BCUT2D eigenvalue weighted by molar-refractivity contribution is 7.89. The molecule has 1 aliphatic heterocycles. The highest BCUT2D eigenvalue weighted by atomic mass is 32.2. The summed E-state index contributed by atoms with van der Waals surface area (Å²) >= 11 is 0. The topological polar surface area (TPSA) is 85.5 Å². The van der Waals surface area contributed by atoms with Gasteiger partial charge in [0.2, 0.25) is 21.8 Å². The second-order valence-electron chi connectivity index (χ2n) is 6.33. The Morgan fingerprint density at radius 3 is 2.22 bits per heavy atom. The molecule has 2 aromatic carbocycles. The number of aromatic nitrogens is 2. The Balaban J connectivity index is 1.65. The van der Waals surface area contributed by atoms with Crippen molar-refractivity contribution in [2.75, 3.05) is 26.3 Å². The van der Waals surface area contributed by atoms with Gasteiger partial charge in [-0.05, 0) is 37.3 Å². The van der Waals surface area contributed by atoms with Crippen LogP contribution in [0.25, 0.3) is 22.9 Å². The van der Waals surface area contributed by atoms with Crippen LogP contribution >= 0.6 is 0 Å². The molecule has 0 saturated carbocycles. The molecule has 2 heterocycles. The Hall–Kier alpha value is -2.55. The van der Waals surface area contributed by atoms with Crippen LogP contribution in [0.1, 0.15) is 5.56 Å². The van der Waals surface area contributed by atoms with E-state index in [2.05, 4.69) is 10.2 Å². The summed E-state index contributed by atoms with van der Waals surface area (Å²) in [5.41, 5.74) is 2.48. The van der Waals surface area contributed by atoms with Crippen molar-refractivity contribution in [3.63, 3.8) is 0 Å². The fourth-order valence-electron chi connectivity index (χ4n) is 2.96. The van der Waals surface area contributed by atoms with Gasteiger partial charge in [0.05, 0.1) is 18.1 Å². The van der Waals surface area contributed by atoms with E-state index in [1.165, 1.54) is 4.31 Å². The monoisotopic (exact) mass is 385 g/mol. The molecule has 0 radical (unpaired) electrons. The molecule has 1 fully saturated rings. The van der Waals surface area contributed by atoms with E-state index < -0.39 is 10.0 Å². The van der Waals surface area contributed by atoms with Crippen molar-refractivity contribution in [3.8, 4) is 22.9 Å². The Kier molecular flexibility index (Phi) is 4.77. The fraction of sp³-hybridized carbons (Fsp3) is 0.263. The molecule has 8 heteroatoms. The smallest absolute Gasteiger partial charge is 0.248 e. The summed E-state index contributed by atoms with van der Waals surface area (Å²) in [6.07, 6.45) is 0. The van der Waals surface area contributed by atoms with Crippen LogP contribution in [0.15, 0.2) is 57.8 Å². The van der Waals surface area contributed by atoms with Crippen molar-refractivity contribution in [1.82, 2.24) is 14.5 Å². The van der Waals surface area contributed by atoms with E-state index in [0.29, 0.717) is 37.8 Å². The highest BCUT2D eigenvalue weighted by Gasteiger charge is 2.26. The van der Waals surface area contributed by atoms with Crippen molar-refractivity contribution in [3.05, 3.63) is 54.1 Å². The lowest BCUT2D eigenvalue weighted by atomic mass is 10.1. The molecule has 7 nitrogen and oxygen atoms in total. The first kappa shape index (κ1) is 17.8. The highest BCUT2D eigenvalue weighted by Crippen LogP contribution is 2.27. The minimum Gasteiger partial charge on any atom is -0.416 e. The summed E-state index contributed by atoms with van der Waals surface area (Å²) in [6.45, 7) is 3.50. The van der Waals surface area contributed by atoms with Crippen molar-refractivity contribution in [2.24, 2.45) is 0 Å². The number of benzene rings is 2. The van der Waals surface area contributed by atoms with Crippen molar-refractivity contribution in [1.29, 1.82) is 0 Å². The van der Waals surface area contributed by atoms with Gasteiger partial charge < -0.3 is 9.15 Å². The molecule has 0 amide bonds. The zero-order chi connectivity index (χ0) is 18.9. The number of sulfonamides is 1. The number of aryl methyl sites for hydroxylation is 1. The van der Waals surface area contributed by atoms with Crippen LogP contribution in [-0.2, 0) is 14.8 Å². The van der Waals surface area contributed by atoms with Crippen LogP contribution in [0.2, 0.25) is 0 Å². The molecular weight excluding hydrogens is 366 g/mol. The summed E-state index contributed by atoms with van der Waals surface area (Å²) in [5, 5.41) is 8.18. The molecule has 0 bridgehead atoms. The van der Waals surface area contributed by atoms with Crippen LogP contribution in [0.4, 0.5) is 0 Å². The van der Waals surface area contributed by atoms with Gasteiger partial charge in [0, 0.05) is 24.2 Å². The van der Waals surface area contributed by atoms with Crippen molar-refractivity contribution < 1.29 is 17.6 Å². The molecule has 3 aromatic rings. The van der Waals surface area contributed by atoms with E-state index in [-0.39, 0.29) is 10.8 Å². The van der Waals surface area contributed by atoms with Gasteiger partial charge >= 0.3 is 0 Å². The number of rotatable bonds is 4. The molecule has 0 N–H and O–H groups in total. The van der Waals surface area contributed by atoms with Gasteiger partial charge in [0.25, 0.3) is 0 Å². The van der Waals surface area contributed by atoms with Gasteiger partial charge in [0.15, 0.2) is 0 Å². The molecule has 4 rings (SSSR count). The maximum absolute atomic E-state index is 12.8. The van der Waals surface area contributed by atoms with Crippen LogP contribution in [0, 0.1) is 6.92 Å². The van der Waals surface area contributed by atoms with Crippen molar-refractivity contribution >= 4 is 10.0 Å². The summed E-state index contributed by atoms with van der Waals surface area (Å²) in [5.74, 6) is 0.681. The van der Waals surface area contributed by atoms with E-state index in [4.69, 9.17) is 9.15 Å². The zero-order valence-electron chi connectivity index (χ0n) is 14.8. The SMILES string of the molecule is Cc1cccc(-c2nnc(-c3cccc(S(=O)(=O)N4CCOCC4)c3)o2)c1. The summed E-state index contributed by atoms with van der Waals surface area (Å²) < 4.78 is 38.1. The predicted molar refractivity (Wildman–Crippen MR) is 99.5 cm³/mol. The number of nitrogens with zero attached hydrogens (tertiary/aromatic N) is 3. The first-order valence-corrected chi connectivity index (χ1v) is 10.1. The molecule has 140 valence electrons. The summed E-state index contributed by atoms with van der Waals surface area (Å²) in [6, 6.07) is 14.3. The average Bonchev–Trinajstić information content (AvgIpc) is 3.19. The van der Waals surface area contributed by atoms with Gasteiger partial charge in [-0.15, -0.1) is 10.2 Å². The van der Waals surface area contributed by atoms with E-state index in [1.54, 1.807) is 24.3 Å². The van der Waals surface area contributed by atoms with Crippen LogP contribution in [-0.4, -0.2) is 49.2 Å². The minimum absolute atomic E-state index is 0.206. The normalized spacial score (nSPS) is 15.7. The standard InChI is InChI=1S/C19H19N3O4S/c1-14-4-2-5-15(12-14)18-20-21-19(26-18)16-6-3-7-17(13-16)27(23,24)22-8-10-25-11-9-22/h2-7,12-13H,8-11H2,1H3. The van der Waals surface area contributed by atoms with Crippen LogP contribution in [0.5, 0.6) is 0 Å². The Morgan fingerprint density at radius 1 is 0.926 bits per heavy atom. The first-order valence-electron chi connectivity index (χ1n) is 8.63. The lowest BCUT2D eigenvalue weighted by molar-refractivity contribution is 0.0730. The second kappa shape index (κ2) is 7.22. The maximum atomic E-state index is 12.8. The van der Waals surface area contributed by atoms with Crippen LogP contribution < -0.4 is 0 Å². The first-order chi connectivity index (χ1) is 13.0. The maximum Gasteiger partial charge on any atom is 0.248 e. The Bertz CT molecular complexity index is 1060. The molecule has 1 aromatic heterocycles. The van der Waals surface area contributed by atoms with Gasteiger partial charge in [-0.3, -0.25) is 0 Å². The quantitative estimate of drug-likeness (QED) is 0.686. The van der Waals surface area contributed by atoms with Gasteiger partial charge in [0.1, 0.15) is 0 Å². The van der Waals surface area contributed by atoms with E-state index in [1.807, 2.05) is 31.2 Å². The lowest BCUT2D eigenvalue weighted by Gasteiger charge is -2.26. The predicted octanol–water partition coefficient (Wildman–Crippen LogP) is 2.73. The molecular formula is C19H19N3O4S. The summed E-state index contributed by atoms with van der Waals surface area (Å²) in [7, 11) is -3.58. The molecule has 27 heavy (non-hydrogen) atoms. The molecule has 0 unspecified atom stereocenters. The second-order valence-corrected chi connectivity index (χ2v) is 8.26. The Labute approximate surface area is 157 Å². The molecule has 1 saturated heterocycles. The third-order valence-corrected chi connectivity index (χ3v) is 6.27. The third kappa shape index (κ3) is 3.64. The lowest BCUT2D eigenvalue weighted by Crippen LogP contribution is -2.40. The molecule has 0 atom stereocenters. The molecule has 1 aliphatic rings. The number of morpholine rings is 1. The zero-order valence-corrected chi connectivity index (χ0v) is 15.6. The summed E-state index contributed by atoms with van der Waals surface area (Å²) in [4.78, 5) is 0.206. The largest absolute Gasteiger partial charge is 0.416 e. The Morgan fingerprint density at radius 2 is 1.56 bits per heavy atom. The van der Waals surface area contributed by atoms with Crippen molar-refractivity contribution in [2.45, 2.75) is 11.8 Å². The fourth-order valence-corrected chi connectivity index (χ4v) is 4.41. The van der Waals surface area contributed by atoms with E-state index in [9.17, 15) is 8.42 Å². The number of hydrogen-bond acceptors (Lipinski definition) is 6.